The number of anilines is 1. The Morgan fingerprint density at radius 1 is 1.31 bits per heavy atom. The smallest absolute Gasteiger partial charge is 0.0843 e. The van der Waals surface area contributed by atoms with Crippen molar-refractivity contribution >= 4 is 21.6 Å². The number of nitrogens with one attached hydrogen (secondary N) is 2. The molecule has 0 spiro atoms. The summed E-state index contributed by atoms with van der Waals surface area (Å²) in [4.78, 5) is 0. The molecule has 0 atom stereocenters. The summed E-state index contributed by atoms with van der Waals surface area (Å²) in [6.07, 6.45) is 1.62. The normalized spacial score (nSPS) is 19.4. The standard InChI is InChI=1S/C12H17BrN2O/c13-10-3-1-2-4-11(10)15-9-12(16)5-7-14-8-6-12/h1-4,14-16H,5-9H2. The van der Waals surface area contributed by atoms with Crippen molar-refractivity contribution in [2.24, 2.45) is 0 Å². The summed E-state index contributed by atoms with van der Waals surface area (Å²) in [5, 5.41) is 16.9. The van der Waals surface area contributed by atoms with E-state index in [1.165, 1.54) is 0 Å². The lowest BCUT2D eigenvalue weighted by atomic mass is 9.92. The van der Waals surface area contributed by atoms with Gasteiger partial charge in [-0.25, -0.2) is 0 Å². The lowest BCUT2D eigenvalue weighted by Gasteiger charge is -2.33. The fourth-order valence-corrected chi connectivity index (χ4v) is 2.36. The quantitative estimate of drug-likeness (QED) is 0.795. The second-order valence-corrected chi connectivity index (χ2v) is 5.16. The van der Waals surface area contributed by atoms with E-state index in [2.05, 4.69) is 26.6 Å². The minimum Gasteiger partial charge on any atom is -0.388 e. The number of hydrogen-bond donors (Lipinski definition) is 3. The molecule has 0 aromatic heterocycles. The van der Waals surface area contributed by atoms with Crippen molar-refractivity contribution < 1.29 is 5.11 Å². The van der Waals surface area contributed by atoms with E-state index in [1.807, 2.05) is 24.3 Å². The maximum Gasteiger partial charge on any atom is 0.0843 e. The molecule has 0 radical (unpaired) electrons. The number of halogens is 1. The number of rotatable bonds is 3. The first-order valence-corrected chi connectivity index (χ1v) is 6.40. The third-order valence-electron chi connectivity index (χ3n) is 3.02. The summed E-state index contributed by atoms with van der Waals surface area (Å²) in [5.41, 5.74) is 0.468. The van der Waals surface area contributed by atoms with Crippen LogP contribution in [0.2, 0.25) is 0 Å². The Hall–Kier alpha value is -0.580. The van der Waals surface area contributed by atoms with Gasteiger partial charge in [0.2, 0.25) is 0 Å². The van der Waals surface area contributed by atoms with Gasteiger partial charge in [-0.2, -0.15) is 0 Å². The molecule has 4 heteroatoms. The van der Waals surface area contributed by atoms with Crippen molar-refractivity contribution in [3.8, 4) is 0 Å². The molecule has 0 saturated carbocycles. The molecule has 1 aliphatic rings. The van der Waals surface area contributed by atoms with Gasteiger partial charge in [0.1, 0.15) is 0 Å². The summed E-state index contributed by atoms with van der Waals surface area (Å²) >= 11 is 3.48. The van der Waals surface area contributed by atoms with Crippen molar-refractivity contribution in [2.75, 3.05) is 25.0 Å². The van der Waals surface area contributed by atoms with E-state index >= 15 is 0 Å². The zero-order chi connectivity index (χ0) is 11.4. The van der Waals surface area contributed by atoms with Crippen LogP contribution in [0.4, 0.5) is 5.69 Å². The first kappa shape index (κ1) is 11.9. The predicted molar refractivity (Wildman–Crippen MR) is 69.7 cm³/mol. The molecule has 2 rings (SSSR count). The highest BCUT2D eigenvalue weighted by atomic mass is 79.9. The monoisotopic (exact) mass is 284 g/mol. The van der Waals surface area contributed by atoms with Gasteiger partial charge in [0, 0.05) is 16.7 Å². The van der Waals surface area contributed by atoms with E-state index in [4.69, 9.17) is 0 Å². The third-order valence-corrected chi connectivity index (χ3v) is 3.71. The van der Waals surface area contributed by atoms with Crippen LogP contribution in [0, 0.1) is 0 Å². The van der Waals surface area contributed by atoms with Crippen LogP contribution in [0.5, 0.6) is 0 Å². The molecule has 0 bridgehead atoms. The number of piperidine rings is 1. The molecule has 1 heterocycles. The van der Waals surface area contributed by atoms with Gasteiger partial charge < -0.3 is 15.7 Å². The second-order valence-electron chi connectivity index (χ2n) is 4.31. The van der Waals surface area contributed by atoms with Gasteiger partial charge >= 0.3 is 0 Å². The largest absolute Gasteiger partial charge is 0.388 e. The molecule has 0 unspecified atom stereocenters. The minimum absolute atomic E-state index is 0.569. The lowest BCUT2D eigenvalue weighted by molar-refractivity contribution is 0.0232. The number of para-hydroxylation sites is 1. The van der Waals surface area contributed by atoms with Gasteiger partial charge in [-0.3, -0.25) is 0 Å². The molecule has 0 aliphatic carbocycles. The van der Waals surface area contributed by atoms with Gasteiger partial charge in [0.15, 0.2) is 0 Å². The lowest BCUT2D eigenvalue weighted by Crippen LogP contribution is -2.46. The molecule has 1 aliphatic heterocycles. The van der Waals surface area contributed by atoms with Crippen molar-refractivity contribution in [2.45, 2.75) is 18.4 Å². The average molecular weight is 285 g/mol. The van der Waals surface area contributed by atoms with E-state index in [0.29, 0.717) is 6.54 Å². The van der Waals surface area contributed by atoms with Crippen LogP contribution < -0.4 is 10.6 Å². The molecule has 16 heavy (non-hydrogen) atoms. The zero-order valence-electron chi connectivity index (χ0n) is 9.17. The van der Waals surface area contributed by atoms with Crippen molar-refractivity contribution in [3.63, 3.8) is 0 Å². The summed E-state index contributed by atoms with van der Waals surface area (Å²) in [7, 11) is 0. The first-order chi connectivity index (χ1) is 7.70. The van der Waals surface area contributed by atoms with Gasteiger partial charge in [0.05, 0.1) is 5.60 Å². The van der Waals surface area contributed by atoms with Gasteiger partial charge in [-0.1, -0.05) is 12.1 Å². The molecule has 1 fully saturated rings. The fourth-order valence-electron chi connectivity index (χ4n) is 1.93. The van der Waals surface area contributed by atoms with Gasteiger partial charge in [-0.05, 0) is 54.0 Å². The molecule has 1 aromatic rings. The van der Waals surface area contributed by atoms with E-state index < -0.39 is 5.60 Å². The molecule has 0 amide bonds. The van der Waals surface area contributed by atoms with Crippen molar-refractivity contribution in [1.29, 1.82) is 0 Å². The molecular formula is C12H17BrN2O. The fraction of sp³-hybridized carbons (Fsp3) is 0.500. The molecule has 1 saturated heterocycles. The Morgan fingerprint density at radius 2 is 2.00 bits per heavy atom. The highest BCUT2D eigenvalue weighted by molar-refractivity contribution is 9.10. The highest BCUT2D eigenvalue weighted by Crippen LogP contribution is 2.24. The summed E-state index contributed by atoms with van der Waals surface area (Å²) in [6, 6.07) is 7.97. The van der Waals surface area contributed by atoms with Crippen LogP contribution >= 0.6 is 15.9 Å². The van der Waals surface area contributed by atoms with Gasteiger partial charge in [-0.15, -0.1) is 0 Å². The van der Waals surface area contributed by atoms with Crippen molar-refractivity contribution in [3.05, 3.63) is 28.7 Å². The highest BCUT2D eigenvalue weighted by Gasteiger charge is 2.28. The topological polar surface area (TPSA) is 44.3 Å². The molecule has 1 aromatic carbocycles. The van der Waals surface area contributed by atoms with Crippen LogP contribution in [-0.2, 0) is 0 Å². The Labute approximate surface area is 104 Å². The average Bonchev–Trinajstić information content (AvgIpc) is 2.29. The summed E-state index contributed by atoms with van der Waals surface area (Å²) in [5.74, 6) is 0. The first-order valence-electron chi connectivity index (χ1n) is 5.61. The van der Waals surface area contributed by atoms with Crippen LogP contribution in [0.1, 0.15) is 12.8 Å². The number of hydrogen-bond acceptors (Lipinski definition) is 3. The second kappa shape index (κ2) is 5.17. The van der Waals surface area contributed by atoms with Crippen molar-refractivity contribution in [1.82, 2.24) is 5.32 Å². The van der Waals surface area contributed by atoms with Gasteiger partial charge in [0.25, 0.3) is 0 Å². The van der Waals surface area contributed by atoms with E-state index in [-0.39, 0.29) is 0 Å². The van der Waals surface area contributed by atoms with Crippen LogP contribution in [0.3, 0.4) is 0 Å². The maximum absolute atomic E-state index is 10.3. The van der Waals surface area contributed by atoms with E-state index in [9.17, 15) is 5.11 Å². The Kier molecular flexibility index (Phi) is 3.84. The third kappa shape index (κ3) is 2.97. The summed E-state index contributed by atoms with van der Waals surface area (Å²) in [6.45, 7) is 2.40. The summed E-state index contributed by atoms with van der Waals surface area (Å²) < 4.78 is 1.03. The number of benzene rings is 1. The molecule has 3 N–H and O–H groups in total. The van der Waals surface area contributed by atoms with E-state index in [1.54, 1.807) is 0 Å². The van der Waals surface area contributed by atoms with Crippen LogP contribution in [-0.4, -0.2) is 30.3 Å². The Balaban J connectivity index is 1.94. The van der Waals surface area contributed by atoms with Crippen LogP contribution in [0.15, 0.2) is 28.7 Å². The van der Waals surface area contributed by atoms with E-state index in [0.717, 1.165) is 36.1 Å². The Bertz CT molecular complexity index is 351. The number of aliphatic hydroxyl groups is 1. The molecular weight excluding hydrogens is 268 g/mol. The molecule has 3 nitrogen and oxygen atoms in total. The Morgan fingerprint density at radius 3 is 2.69 bits per heavy atom. The predicted octanol–water partition coefficient (Wildman–Crippen LogP) is 1.98. The maximum atomic E-state index is 10.3. The minimum atomic E-state index is -0.569. The zero-order valence-corrected chi connectivity index (χ0v) is 10.8. The van der Waals surface area contributed by atoms with Crippen LogP contribution in [0.25, 0.3) is 0 Å². The SMILES string of the molecule is OC1(CNc2ccccc2Br)CCNCC1. The molecule has 88 valence electrons.